The number of aromatic nitrogens is 5. The fourth-order valence-electron chi connectivity index (χ4n) is 2.39. The number of fused-ring (bicyclic) bond motifs is 1. The first kappa shape index (κ1) is 14.9. The molecule has 120 valence electrons. The Bertz CT molecular complexity index is 865. The van der Waals surface area contributed by atoms with Crippen molar-refractivity contribution in [1.29, 1.82) is 5.26 Å². The Morgan fingerprint density at radius 2 is 2.35 bits per heavy atom. The van der Waals surface area contributed by atoms with Crippen molar-refractivity contribution in [2.75, 3.05) is 6.61 Å². The van der Waals surface area contributed by atoms with Crippen LogP contribution in [0.5, 0.6) is 0 Å². The summed E-state index contributed by atoms with van der Waals surface area (Å²) in [5.74, 6) is -0.413. The highest BCUT2D eigenvalue weighted by atomic mass is 16.6. The number of nitriles is 1. The maximum atomic E-state index is 12.4. The van der Waals surface area contributed by atoms with Gasteiger partial charge in [-0.3, -0.25) is 9.59 Å². The summed E-state index contributed by atoms with van der Waals surface area (Å²) in [6, 6.07) is 1.72. The van der Waals surface area contributed by atoms with Gasteiger partial charge in [-0.1, -0.05) is 10.1 Å². The van der Waals surface area contributed by atoms with E-state index in [2.05, 4.69) is 15.4 Å². The van der Waals surface area contributed by atoms with Gasteiger partial charge in [0.1, 0.15) is 12.7 Å². The minimum Gasteiger partial charge on any atom is -0.463 e. The zero-order valence-electron chi connectivity index (χ0n) is 12.0. The van der Waals surface area contributed by atoms with Crippen LogP contribution in [0.1, 0.15) is 31.7 Å². The van der Waals surface area contributed by atoms with Crippen molar-refractivity contribution in [3.63, 3.8) is 0 Å². The Morgan fingerprint density at radius 3 is 3.04 bits per heavy atom. The first-order valence-electron chi connectivity index (χ1n) is 6.77. The largest absolute Gasteiger partial charge is 0.463 e. The SMILES string of the molecule is CC(=O)OCC1CCC(n2nnc3c(C#N)nn(O)c3c2=O)O1. The van der Waals surface area contributed by atoms with E-state index in [1.807, 2.05) is 0 Å². The summed E-state index contributed by atoms with van der Waals surface area (Å²) in [5, 5.41) is 29.5. The number of rotatable bonds is 3. The topological polar surface area (TPSA) is 145 Å². The van der Waals surface area contributed by atoms with Crippen molar-refractivity contribution in [3.05, 3.63) is 16.0 Å². The van der Waals surface area contributed by atoms with Crippen LogP contribution in [-0.4, -0.2) is 48.8 Å². The normalized spacial score (nSPS) is 20.5. The summed E-state index contributed by atoms with van der Waals surface area (Å²) in [5.41, 5.74) is -1.20. The smallest absolute Gasteiger partial charge is 0.302 e. The van der Waals surface area contributed by atoms with Gasteiger partial charge >= 0.3 is 11.5 Å². The Kier molecular flexibility index (Phi) is 3.67. The molecule has 0 radical (unpaired) electrons. The Labute approximate surface area is 128 Å². The van der Waals surface area contributed by atoms with Crippen LogP contribution in [0.25, 0.3) is 11.0 Å². The number of nitrogens with zero attached hydrogens (tertiary/aromatic N) is 6. The Hall–Kier alpha value is -3.00. The highest BCUT2D eigenvalue weighted by Crippen LogP contribution is 2.27. The van der Waals surface area contributed by atoms with Crippen LogP contribution in [-0.2, 0) is 14.3 Å². The maximum absolute atomic E-state index is 12.4. The van der Waals surface area contributed by atoms with Crippen LogP contribution in [0.2, 0.25) is 0 Å². The van der Waals surface area contributed by atoms with E-state index in [1.54, 1.807) is 6.07 Å². The van der Waals surface area contributed by atoms with Crippen molar-refractivity contribution >= 4 is 17.0 Å². The van der Waals surface area contributed by atoms with Crippen molar-refractivity contribution in [2.45, 2.75) is 32.1 Å². The predicted octanol–water partition coefficient (Wildman–Crippen LogP) is -0.662. The second-order valence-corrected chi connectivity index (χ2v) is 4.98. The van der Waals surface area contributed by atoms with Crippen LogP contribution in [0.4, 0.5) is 0 Å². The van der Waals surface area contributed by atoms with E-state index in [-0.39, 0.29) is 29.4 Å². The molecule has 2 unspecified atom stereocenters. The maximum Gasteiger partial charge on any atom is 0.302 e. The molecule has 0 spiro atoms. The van der Waals surface area contributed by atoms with E-state index >= 15 is 0 Å². The second kappa shape index (κ2) is 5.65. The average molecular weight is 320 g/mol. The minimum absolute atomic E-state index is 0.0780. The lowest BCUT2D eigenvalue weighted by atomic mass is 10.2. The third kappa shape index (κ3) is 2.59. The van der Waals surface area contributed by atoms with Gasteiger partial charge in [0.15, 0.2) is 23.0 Å². The van der Waals surface area contributed by atoms with Gasteiger partial charge in [-0.15, -0.1) is 10.2 Å². The average Bonchev–Trinajstić information content (AvgIpc) is 3.10. The van der Waals surface area contributed by atoms with Crippen molar-refractivity contribution in [3.8, 4) is 6.07 Å². The molecular weight excluding hydrogens is 308 g/mol. The third-order valence-corrected chi connectivity index (χ3v) is 3.43. The Balaban J connectivity index is 1.89. The molecule has 1 saturated heterocycles. The summed E-state index contributed by atoms with van der Waals surface area (Å²) in [4.78, 5) is 23.5. The molecule has 1 aliphatic heterocycles. The van der Waals surface area contributed by atoms with Crippen molar-refractivity contribution in [2.24, 2.45) is 0 Å². The summed E-state index contributed by atoms with van der Waals surface area (Å²) < 4.78 is 11.5. The molecule has 1 aliphatic rings. The number of hydrogen-bond donors (Lipinski definition) is 1. The van der Waals surface area contributed by atoms with E-state index < -0.39 is 17.8 Å². The molecule has 3 heterocycles. The van der Waals surface area contributed by atoms with Gasteiger partial charge in [-0.2, -0.15) is 9.94 Å². The summed E-state index contributed by atoms with van der Waals surface area (Å²) in [6.07, 6.45) is 0.00483. The standard InChI is InChI=1S/C12H12N6O5/c1-6(19)22-5-7-2-3-9(23-7)17-12(20)11-10(14-16-17)8(4-13)15-18(11)21/h7,9,21H,2-3,5H2,1H3. The molecule has 11 nitrogen and oxygen atoms in total. The van der Waals surface area contributed by atoms with Crippen LogP contribution >= 0.6 is 0 Å². The zero-order chi connectivity index (χ0) is 16.6. The molecule has 0 bridgehead atoms. The van der Waals surface area contributed by atoms with Gasteiger partial charge in [-0.25, -0.2) is 0 Å². The predicted molar refractivity (Wildman–Crippen MR) is 71.3 cm³/mol. The first-order chi connectivity index (χ1) is 11.0. The van der Waals surface area contributed by atoms with E-state index in [0.29, 0.717) is 17.7 Å². The van der Waals surface area contributed by atoms with E-state index in [1.165, 1.54) is 6.92 Å². The molecule has 2 atom stereocenters. The number of hydrogen-bond acceptors (Lipinski definition) is 9. The molecule has 1 fully saturated rings. The molecule has 3 rings (SSSR count). The molecule has 2 aromatic heterocycles. The van der Waals surface area contributed by atoms with Gasteiger partial charge < -0.3 is 14.7 Å². The van der Waals surface area contributed by atoms with Crippen molar-refractivity contribution in [1.82, 2.24) is 24.9 Å². The highest BCUT2D eigenvalue weighted by molar-refractivity contribution is 5.78. The molecule has 11 heteroatoms. The fraction of sp³-hybridized carbons (Fsp3) is 0.500. The second-order valence-electron chi connectivity index (χ2n) is 4.98. The number of carbonyl (C=O) groups is 1. The fourth-order valence-corrected chi connectivity index (χ4v) is 2.39. The number of esters is 1. The van der Waals surface area contributed by atoms with E-state index in [4.69, 9.17) is 14.7 Å². The van der Waals surface area contributed by atoms with Gasteiger partial charge in [-0.05, 0) is 12.8 Å². The van der Waals surface area contributed by atoms with Gasteiger partial charge in [0, 0.05) is 6.92 Å². The molecule has 1 N–H and O–H groups in total. The van der Waals surface area contributed by atoms with Gasteiger partial charge in [0.25, 0.3) is 0 Å². The molecule has 23 heavy (non-hydrogen) atoms. The molecule has 0 saturated carbocycles. The van der Waals surface area contributed by atoms with Crippen LogP contribution in [0, 0.1) is 11.3 Å². The summed E-state index contributed by atoms with van der Waals surface area (Å²) >= 11 is 0. The molecule has 2 aromatic rings. The minimum atomic E-state index is -0.694. The van der Waals surface area contributed by atoms with Crippen molar-refractivity contribution < 1.29 is 19.5 Å². The van der Waals surface area contributed by atoms with Gasteiger partial charge in [0.05, 0.1) is 6.10 Å². The summed E-state index contributed by atoms with van der Waals surface area (Å²) in [6.45, 7) is 1.39. The van der Waals surface area contributed by atoms with Crippen LogP contribution in [0.3, 0.4) is 0 Å². The van der Waals surface area contributed by atoms with Crippen LogP contribution < -0.4 is 5.56 Å². The molecule has 0 amide bonds. The van der Waals surface area contributed by atoms with Crippen LogP contribution in [0.15, 0.2) is 4.79 Å². The molecule has 0 aliphatic carbocycles. The molecule has 0 aromatic carbocycles. The number of carbonyl (C=O) groups excluding carboxylic acids is 1. The lowest BCUT2D eigenvalue weighted by molar-refractivity contribution is -0.145. The summed E-state index contributed by atoms with van der Waals surface area (Å²) in [7, 11) is 0. The van der Waals surface area contributed by atoms with E-state index in [0.717, 1.165) is 4.68 Å². The number of ether oxygens (including phenoxy) is 2. The van der Waals surface area contributed by atoms with E-state index in [9.17, 15) is 14.8 Å². The van der Waals surface area contributed by atoms with Gasteiger partial charge in [0.2, 0.25) is 0 Å². The Morgan fingerprint density at radius 1 is 1.57 bits per heavy atom. The monoisotopic (exact) mass is 320 g/mol. The zero-order valence-corrected chi connectivity index (χ0v) is 12.0. The third-order valence-electron chi connectivity index (χ3n) is 3.43. The highest BCUT2D eigenvalue weighted by Gasteiger charge is 2.30. The lowest BCUT2D eigenvalue weighted by Gasteiger charge is -2.14. The quantitative estimate of drug-likeness (QED) is 0.575. The molecular formula is C12H12N6O5. The lowest BCUT2D eigenvalue weighted by Crippen LogP contribution is -2.30. The first-order valence-corrected chi connectivity index (χ1v) is 6.77.